The highest BCUT2D eigenvalue weighted by atomic mass is 32.2. The van der Waals surface area contributed by atoms with Gasteiger partial charge in [-0.15, -0.1) is 0 Å². The van der Waals surface area contributed by atoms with Crippen LogP contribution in [0.1, 0.15) is 13.8 Å². The second-order valence-electron chi connectivity index (χ2n) is 4.53. The zero-order chi connectivity index (χ0) is 15.5. The lowest BCUT2D eigenvalue weighted by molar-refractivity contribution is -0.385. The fourth-order valence-electron chi connectivity index (χ4n) is 1.47. The van der Waals surface area contributed by atoms with E-state index in [0.29, 0.717) is 6.07 Å². The van der Waals surface area contributed by atoms with Gasteiger partial charge in [0, 0.05) is 12.1 Å². The summed E-state index contributed by atoms with van der Waals surface area (Å²) in [6.07, 6.45) is 0. The number of hydrogen-bond donors (Lipinski definition) is 2. The first kappa shape index (κ1) is 16.5. The molecule has 0 radical (unpaired) electrons. The van der Waals surface area contributed by atoms with Crippen molar-refractivity contribution in [2.45, 2.75) is 24.8 Å². The summed E-state index contributed by atoms with van der Waals surface area (Å²) in [5.74, 6) is -1.41. The molecule has 0 fully saturated rings. The van der Waals surface area contributed by atoms with Crippen molar-refractivity contribution in [1.82, 2.24) is 4.72 Å². The van der Waals surface area contributed by atoms with Crippen LogP contribution in [0.2, 0.25) is 0 Å². The summed E-state index contributed by atoms with van der Waals surface area (Å²) in [5.41, 5.74) is -0.538. The Morgan fingerprint density at radius 2 is 2.05 bits per heavy atom. The maximum Gasteiger partial charge on any atom is 0.272 e. The van der Waals surface area contributed by atoms with Gasteiger partial charge in [0.25, 0.3) is 5.69 Å². The Balaban J connectivity index is 3.13. The van der Waals surface area contributed by atoms with Gasteiger partial charge in [0.15, 0.2) is 0 Å². The monoisotopic (exact) mass is 306 g/mol. The molecule has 0 amide bonds. The van der Waals surface area contributed by atoms with Crippen LogP contribution in [0.25, 0.3) is 0 Å². The largest absolute Gasteiger partial charge is 0.395 e. The number of aliphatic hydroxyl groups excluding tert-OH is 1. The van der Waals surface area contributed by atoms with E-state index in [1.54, 1.807) is 13.8 Å². The van der Waals surface area contributed by atoms with Gasteiger partial charge >= 0.3 is 0 Å². The number of aliphatic hydroxyl groups is 1. The lowest BCUT2D eigenvalue weighted by Gasteiger charge is -2.19. The highest BCUT2D eigenvalue weighted by molar-refractivity contribution is 7.89. The number of non-ortho nitro benzene ring substituents is 1. The van der Waals surface area contributed by atoms with Crippen LogP contribution in [-0.4, -0.2) is 31.1 Å². The van der Waals surface area contributed by atoms with E-state index >= 15 is 0 Å². The molecule has 0 bridgehead atoms. The Morgan fingerprint density at radius 1 is 1.45 bits per heavy atom. The first-order valence-electron chi connectivity index (χ1n) is 5.76. The van der Waals surface area contributed by atoms with E-state index in [9.17, 15) is 22.9 Å². The number of nitro groups is 1. The second kappa shape index (κ2) is 6.25. The predicted molar refractivity (Wildman–Crippen MR) is 69.1 cm³/mol. The van der Waals surface area contributed by atoms with Crippen molar-refractivity contribution >= 4 is 15.7 Å². The summed E-state index contributed by atoms with van der Waals surface area (Å²) in [7, 11) is -4.20. The van der Waals surface area contributed by atoms with Crippen LogP contribution in [0.3, 0.4) is 0 Å². The first-order valence-corrected chi connectivity index (χ1v) is 7.24. The molecule has 0 saturated carbocycles. The van der Waals surface area contributed by atoms with Crippen molar-refractivity contribution in [3.8, 4) is 0 Å². The summed E-state index contributed by atoms with van der Waals surface area (Å²) in [6.45, 7) is 2.94. The van der Waals surface area contributed by atoms with Gasteiger partial charge in [0.05, 0.1) is 17.6 Å². The van der Waals surface area contributed by atoms with Gasteiger partial charge in [-0.3, -0.25) is 10.1 Å². The molecule has 112 valence electrons. The fraction of sp³-hybridized carbons (Fsp3) is 0.455. The topological polar surface area (TPSA) is 110 Å². The zero-order valence-electron chi connectivity index (χ0n) is 10.9. The lowest BCUT2D eigenvalue weighted by atomic mass is 10.1. The molecule has 1 rings (SSSR count). The van der Waals surface area contributed by atoms with Gasteiger partial charge < -0.3 is 5.11 Å². The molecule has 0 aromatic heterocycles. The van der Waals surface area contributed by atoms with E-state index in [0.717, 1.165) is 12.1 Å². The standard InChI is InChI=1S/C11H15FN2O5S/c1-7(2)10(6-15)13-20(18,19)11-4-3-8(14(16)17)5-9(11)12/h3-5,7,10,13,15H,6H2,1-2H3. The van der Waals surface area contributed by atoms with Crippen molar-refractivity contribution < 1.29 is 22.8 Å². The Kier molecular flexibility index (Phi) is 5.15. The summed E-state index contributed by atoms with van der Waals surface area (Å²) in [6, 6.07) is 1.50. The van der Waals surface area contributed by atoms with Crippen LogP contribution in [0, 0.1) is 21.8 Å². The maximum absolute atomic E-state index is 13.7. The molecular formula is C11H15FN2O5S. The molecule has 0 spiro atoms. The van der Waals surface area contributed by atoms with Crippen molar-refractivity contribution in [2.24, 2.45) is 5.92 Å². The van der Waals surface area contributed by atoms with Gasteiger partial charge in [0.2, 0.25) is 10.0 Å². The number of hydrogen-bond acceptors (Lipinski definition) is 5. The lowest BCUT2D eigenvalue weighted by Crippen LogP contribution is -2.41. The van der Waals surface area contributed by atoms with E-state index in [2.05, 4.69) is 4.72 Å². The second-order valence-corrected chi connectivity index (χ2v) is 6.21. The number of nitrogens with zero attached hydrogens (tertiary/aromatic N) is 1. The summed E-state index contributed by atoms with van der Waals surface area (Å²) < 4.78 is 39.8. The Morgan fingerprint density at radius 3 is 2.45 bits per heavy atom. The van der Waals surface area contributed by atoms with Crippen LogP contribution in [0.5, 0.6) is 0 Å². The van der Waals surface area contributed by atoms with Gasteiger partial charge in [0.1, 0.15) is 10.7 Å². The van der Waals surface area contributed by atoms with E-state index < -0.39 is 44.0 Å². The minimum absolute atomic E-state index is 0.198. The number of benzene rings is 1. The first-order chi connectivity index (χ1) is 9.19. The van der Waals surface area contributed by atoms with Crippen LogP contribution in [-0.2, 0) is 10.0 Å². The van der Waals surface area contributed by atoms with Gasteiger partial charge in [-0.1, -0.05) is 13.8 Å². The smallest absolute Gasteiger partial charge is 0.272 e. The van der Waals surface area contributed by atoms with Gasteiger partial charge in [-0.25, -0.2) is 17.5 Å². The number of sulfonamides is 1. The number of nitrogens with one attached hydrogen (secondary N) is 1. The van der Waals surface area contributed by atoms with E-state index in [1.165, 1.54) is 0 Å². The fourth-order valence-corrected chi connectivity index (χ4v) is 2.90. The van der Waals surface area contributed by atoms with Crippen LogP contribution in [0.15, 0.2) is 23.1 Å². The highest BCUT2D eigenvalue weighted by Gasteiger charge is 2.25. The minimum Gasteiger partial charge on any atom is -0.395 e. The Labute approximate surface area is 115 Å². The molecule has 1 aromatic carbocycles. The van der Waals surface area contributed by atoms with Crippen molar-refractivity contribution in [2.75, 3.05) is 6.61 Å². The molecule has 7 nitrogen and oxygen atoms in total. The van der Waals surface area contributed by atoms with E-state index in [-0.39, 0.29) is 5.92 Å². The normalized spacial score (nSPS) is 13.4. The minimum atomic E-state index is -4.20. The van der Waals surface area contributed by atoms with Gasteiger partial charge in [-0.2, -0.15) is 0 Å². The molecule has 9 heteroatoms. The number of nitro benzene ring substituents is 1. The summed E-state index contributed by atoms with van der Waals surface area (Å²) in [4.78, 5) is 8.95. The summed E-state index contributed by atoms with van der Waals surface area (Å²) >= 11 is 0. The Bertz CT molecular complexity index is 603. The third kappa shape index (κ3) is 3.71. The third-order valence-corrected chi connectivity index (χ3v) is 4.25. The molecule has 1 unspecified atom stereocenters. The zero-order valence-corrected chi connectivity index (χ0v) is 11.7. The SMILES string of the molecule is CC(C)C(CO)NS(=O)(=O)c1ccc([N+](=O)[O-])cc1F. The molecule has 0 aliphatic rings. The molecule has 0 heterocycles. The number of rotatable bonds is 6. The quantitative estimate of drug-likeness (QED) is 0.602. The molecule has 20 heavy (non-hydrogen) atoms. The van der Waals surface area contributed by atoms with E-state index in [4.69, 9.17) is 5.11 Å². The van der Waals surface area contributed by atoms with Crippen LogP contribution >= 0.6 is 0 Å². The third-order valence-electron chi connectivity index (χ3n) is 2.72. The average Bonchev–Trinajstić information content (AvgIpc) is 2.35. The molecule has 1 atom stereocenters. The van der Waals surface area contributed by atoms with Crippen molar-refractivity contribution in [3.63, 3.8) is 0 Å². The molecular weight excluding hydrogens is 291 g/mol. The average molecular weight is 306 g/mol. The highest BCUT2D eigenvalue weighted by Crippen LogP contribution is 2.21. The predicted octanol–water partition coefficient (Wildman–Crippen LogP) is 1.03. The Hall–Kier alpha value is -1.58. The van der Waals surface area contributed by atoms with Crippen LogP contribution in [0.4, 0.5) is 10.1 Å². The van der Waals surface area contributed by atoms with Crippen LogP contribution < -0.4 is 4.72 Å². The molecule has 0 aliphatic carbocycles. The molecule has 1 aromatic rings. The molecule has 2 N–H and O–H groups in total. The summed E-state index contributed by atoms with van der Waals surface area (Å²) in [5, 5.41) is 19.6. The van der Waals surface area contributed by atoms with Crippen molar-refractivity contribution in [1.29, 1.82) is 0 Å². The number of halogens is 1. The molecule has 0 aliphatic heterocycles. The molecule has 0 saturated heterocycles. The maximum atomic E-state index is 13.7. The van der Waals surface area contributed by atoms with Gasteiger partial charge in [-0.05, 0) is 12.0 Å². The van der Waals surface area contributed by atoms with E-state index in [1.807, 2.05) is 0 Å². The van der Waals surface area contributed by atoms with Crippen molar-refractivity contribution in [3.05, 3.63) is 34.1 Å².